The summed E-state index contributed by atoms with van der Waals surface area (Å²) in [5, 5.41) is 0. The molecule has 1 aliphatic rings. The van der Waals surface area contributed by atoms with E-state index in [9.17, 15) is 0 Å². The Morgan fingerprint density at radius 1 is 1.35 bits per heavy atom. The Balaban J connectivity index is 1.77. The molecule has 1 fully saturated rings. The summed E-state index contributed by atoms with van der Waals surface area (Å²) in [5.74, 6) is 1.67. The minimum atomic E-state index is 0.403. The maximum absolute atomic E-state index is 6.05. The first-order valence-corrected chi connectivity index (χ1v) is 6.77. The molecule has 2 nitrogen and oxygen atoms in total. The Bertz CT molecular complexity index is 351. The van der Waals surface area contributed by atoms with Gasteiger partial charge in [0.15, 0.2) is 0 Å². The molecule has 0 spiro atoms. The largest absolute Gasteiger partial charge is 0.494 e. The average molecular weight is 233 g/mol. The summed E-state index contributed by atoms with van der Waals surface area (Å²) in [4.78, 5) is 0. The highest BCUT2D eigenvalue weighted by molar-refractivity contribution is 5.28. The van der Waals surface area contributed by atoms with Gasteiger partial charge in [-0.05, 0) is 49.3 Å². The zero-order valence-electron chi connectivity index (χ0n) is 10.7. The maximum Gasteiger partial charge on any atom is 0.119 e. The Morgan fingerprint density at radius 3 is 2.94 bits per heavy atom. The molecule has 2 heteroatoms. The number of nitrogens with two attached hydrogens (primary N) is 1. The lowest BCUT2D eigenvalue weighted by Gasteiger charge is -2.15. The third-order valence-corrected chi connectivity index (χ3v) is 3.78. The smallest absolute Gasteiger partial charge is 0.119 e. The van der Waals surface area contributed by atoms with Crippen molar-refractivity contribution < 1.29 is 4.74 Å². The molecule has 0 aromatic heterocycles. The van der Waals surface area contributed by atoms with E-state index >= 15 is 0 Å². The van der Waals surface area contributed by atoms with Crippen LogP contribution in [-0.4, -0.2) is 12.6 Å². The van der Waals surface area contributed by atoms with Crippen LogP contribution < -0.4 is 10.5 Å². The molecule has 0 amide bonds. The summed E-state index contributed by atoms with van der Waals surface area (Å²) in [5.41, 5.74) is 7.38. The van der Waals surface area contributed by atoms with Gasteiger partial charge in [-0.15, -0.1) is 0 Å². The van der Waals surface area contributed by atoms with Crippen LogP contribution in [0.1, 0.15) is 38.2 Å². The van der Waals surface area contributed by atoms with Gasteiger partial charge in [-0.3, -0.25) is 0 Å². The zero-order valence-corrected chi connectivity index (χ0v) is 10.7. The second-order valence-electron chi connectivity index (χ2n) is 4.99. The molecule has 94 valence electrons. The molecule has 1 aromatic rings. The number of ether oxygens (including phenoxy) is 1. The fraction of sp³-hybridized carbons (Fsp3) is 0.600. The Morgan fingerprint density at radius 2 is 2.24 bits per heavy atom. The number of benzene rings is 1. The monoisotopic (exact) mass is 233 g/mol. The van der Waals surface area contributed by atoms with E-state index in [0.717, 1.165) is 25.2 Å². The van der Waals surface area contributed by atoms with Crippen LogP contribution in [0.3, 0.4) is 0 Å². The number of hydrogen-bond acceptors (Lipinski definition) is 2. The Kier molecular flexibility index (Phi) is 4.43. The van der Waals surface area contributed by atoms with Gasteiger partial charge in [0.25, 0.3) is 0 Å². The van der Waals surface area contributed by atoms with Gasteiger partial charge in [0, 0.05) is 6.04 Å². The van der Waals surface area contributed by atoms with Crippen molar-refractivity contribution in [2.24, 2.45) is 11.7 Å². The molecule has 0 saturated heterocycles. The molecule has 0 heterocycles. The van der Waals surface area contributed by atoms with E-state index in [0.29, 0.717) is 12.0 Å². The van der Waals surface area contributed by atoms with Gasteiger partial charge < -0.3 is 10.5 Å². The van der Waals surface area contributed by atoms with Gasteiger partial charge in [0.2, 0.25) is 0 Å². The van der Waals surface area contributed by atoms with Crippen LogP contribution in [0.4, 0.5) is 0 Å². The van der Waals surface area contributed by atoms with Crippen molar-refractivity contribution in [1.82, 2.24) is 0 Å². The number of hydrogen-bond donors (Lipinski definition) is 1. The standard InChI is InChI=1S/C15H23NO/c1-2-12-5-3-7-14(11-12)17-10-9-13-6-4-8-15(13)16/h3,5,7,11,13,15H,2,4,6,8-10,16H2,1H3. The van der Waals surface area contributed by atoms with Gasteiger partial charge in [-0.1, -0.05) is 25.5 Å². The fourth-order valence-electron chi connectivity index (χ4n) is 2.61. The minimum Gasteiger partial charge on any atom is -0.494 e. The summed E-state index contributed by atoms with van der Waals surface area (Å²) in [6.07, 6.45) is 5.91. The van der Waals surface area contributed by atoms with Gasteiger partial charge in [-0.2, -0.15) is 0 Å². The summed E-state index contributed by atoms with van der Waals surface area (Å²) < 4.78 is 5.80. The molecular weight excluding hydrogens is 210 g/mol. The molecule has 2 N–H and O–H groups in total. The number of rotatable bonds is 5. The molecule has 0 aliphatic heterocycles. The van der Waals surface area contributed by atoms with Crippen molar-refractivity contribution in [2.45, 2.75) is 45.1 Å². The van der Waals surface area contributed by atoms with Gasteiger partial charge >= 0.3 is 0 Å². The normalized spacial score (nSPS) is 23.9. The van der Waals surface area contributed by atoms with Crippen molar-refractivity contribution in [3.63, 3.8) is 0 Å². The summed E-state index contributed by atoms with van der Waals surface area (Å²) in [6, 6.07) is 8.78. The van der Waals surface area contributed by atoms with Crippen molar-refractivity contribution in [2.75, 3.05) is 6.61 Å². The molecule has 0 radical (unpaired) electrons. The lowest BCUT2D eigenvalue weighted by Crippen LogP contribution is -2.25. The molecule has 17 heavy (non-hydrogen) atoms. The van der Waals surface area contributed by atoms with Crippen molar-refractivity contribution >= 4 is 0 Å². The molecule has 1 saturated carbocycles. The van der Waals surface area contributed by atoms with Crippen LogP contribution in [0, 0.1) is 5.92 Å². The second kappa shape index (κ2) is 6.06. The SMILES string of the molecule is CCc1cccc(OCCC2CCCC2N)c1. The molecule has 1 aliphatic carbocycles. The van der Waals surface area contributed by atoms with E-state index in [1.54, 1.807) is 0 Å². The topological polar surface area (TPSA) is 35.2 Å². The summed E-state index contributed by atoms with van der Waals surface area (Å²) >= 11 is 0. The lowest BCUT2D eigenvalue weighted by atomic mass is 10.0. The van der Waals surface area contributed by atoms with Crippen molar-refractivity contribution in [3.05, 3.63) is 29.8 Å². The van der Waals surface area contributed by atoms with Crippen LogP contribution in [0.25, 0.3) is 0 Å². The molecule has 2 atom stereocenters. The predicted molar refractivity (Wildman–Crippen MR) is 71.2 cm³/mol. The van der Waals surface area contributed by atoms with Gasteiger partial charge in [0.1, 0.15) is 5.75 Å². The van der Waals surface area contributed by atoms with E-state index in [2.05, 4.69) is 25.1 Å². The molecule has 2 rings (SSSR count). The van der Waals surface area contributed by atoms with E-state index in [-0.39, 0.29) is 0 Å². The third kappa shape index (κ3) is 3.47. The zero-order chi connectivity index (χ0) is 12.1. The van der Waals surface area contributed by atoms with Crippen LogP contribution >= 0.6 is 0 Å². The highest BCUT2D eigenvalue weighted by Crippen LogP contribution is 2.27. The number of aryl methyl sites for hydroxylation is 1. The van der Waals surface area contributed by atoms with Gasteiger partial charge in [0.05, 0.1) is 6.61 Å². The Labute approximate surface area is 104 Å². The molecular formula is C15H23NO. The van der Waals surface area contributed by atoms with Crippen molar-refractivity contribution in [1.29, 1.82) is 0 Å². The maximum atomic E-state index is 6.05. The van der Waals surface area contributed by atoms with E-state index in [1.807, 2.05) is 6.07 Å². The first-order chi connectivity index (χ1) is 8.29. The summed E-state index contributed by atoms with van der Waals surface area (Å²) in [6.45, 7) is 2.96. The lowest BCUT2D eigenvalue weighted by molar-refractivity contribution is 0.271. The van der Waals surface area contributed by atoms with Crippen LogP contribution in [0.2, 0.25) is 0 Å². The van der Waals surface area contributed by atoms with E-state index < -0.39 is 0 Å². The first-order valence-electron chi connectivity index (χ1n) is 6.77. The molecule has 0 bridgehead atoms. The minimum absolute atomic E-state index is 0.403. The van der Waals surface area contributed by atoms with E-state index in [1.165, 1.54) is 24.8 Å². The molecule has 1 aromatic carbocycles. The van der Waals surface area contributed by atoms with Crippen LogP contribution in [0.15, 0.2) is 24.3 Å². The predicted octanol–water partition coefficient (Wildman–Crippen LogP) is 3.15. The highest BCUT2D eigenvalue weighted by Gasteiger charge is 2.23. The highest BCUT2D eigenvalue weighted by atomic mass is 16.5. The van der Waals surface area contributed by atoms with Crippen LogP contribution in [0.5, 0.6) is 5.75 Å². The van der Waals surface area contributed by atoms with E-state index in [4.69, 9.17) is 10.5 Å². The average Bonchev–Trinajstić information content (AvgIpc) is 2.76. The third-order valence-electron chi connectivity index (χ3n) is 3.78. The van der Waals surface area contributed by atoms with Crippen molar-refractivity contribution in [3.8, 4) is 5.75 Å². The molecule has 2 unspecified atom stereocenters. The summed E-state index contributed by atoms with van der Waals surface area (Å²) in [7, 11) is 0. The second-order valence-corrected chi connectivity index (χ2v) is 4.99. The van der Waals surface area contributed by atoms with Gasteiger partial charge in [-0.25, -0.2) is 0 Å². The quantitative estimate of drug-likeness (QED) is 0.848. The van der Waals surface area contributed by atoms with Crippen LogP contribution in [-0.2, 0) is 6.42 Å². The fourth-order valence-corrected chi connectivity index (χ4v) is 2.61. The Hall–Kier alpha value is -1.02. The first kappa shape index (κ1) is 12.4.